The topological polar surface area (TPSA) is 115 Å². The molecule has 0 aliphatic rings. The van der Waals surface area contributed by atoms with Crippen LogP contribution < -0.4 is 10.1 Å². The van der Waals surface area contributed by atoms with E-state index in [1.807, 2.05) is 32.9 Å². The minimum absolute atomic E-state index is 0.0264. The molecule has 1 aromatic carbocycles. The van der Waals surface area contributed by atoms with Gasteiger partial charge in [0.25, 0.3) is 5.91 Å². The smallest absolute Gasteiger partial charge is 0.269 e. The molecule has 0 aliphatic carbocycles. The maximum atomic E-state index is 13.0. The third-order valence-electron chi connectivity index (χ3n) is 4.37. The summed E-state index contributed by atoms with van der Waals surface area (Å²) in [5.41, 5.74) is 1.10. The molecule has 2 N–H and O–H groups in total. The maximum Gasteiger partial charge on any atom is 0.269 e. The molecule has 4 rings (SSSR count). The Hall–Kier alpha value is -3.08. The van der Waals surface area contributed by atoms with Crippen molar-refractivity contribution in [2.45, 2.75) is 33.0 Å². The first-order valence-electron chi connectivity index (χ1n) is 9.88. The summed E-state index contributed by atoms with van der Waals surface area (Å²) in [5, 5.41) is 11.2. The van der Waals surface area contributed by atoms with Crippen molar-refractivity contribution >= 4 is 45.0 Å². The largest absolute Gasteiger partial charge is 0.461 e. The second kappa shape index (κ2) is 9.60. The van der Waals surface area contributed by atoms with Crippen molar-refractivity contribution in [2.75, 3.05) is 11.9 Å². The van der Waals surface area contributed by atoms with Crippen LogP contribution in [0.25, 0.3) is 22.4 Å². The summed E-state index contributed by atoms with van der Waals surface area (Å²) >= 11 is 7.71. The second-order valence-corrected chi connectivity index (χ2v) is 8.86. The number of anilines is 1. The number of carbonyl (C=O) groups excluding carboxylic acids is 1. The highest BCUT2D eigenvalue weighted by Gasteiger charge is 2.25. The van der Waals surface area contributed by atoms with E-state index in [-0.39, 0.29) is 18.6 Å². The van der Waals surface area contributed by atoms with Gasteiger partial charge in [0.1, 0.15) is 5.39 Å². The molecular weight excluding hydrogens is 452 g/mol. The minimum atomic E-state index is -0.978. The molecule has 1 atom stereocenters. The summed E-state index contributed by atoms with van der Waals surface area (Å²) in [7, 11) is 0. The number of nitrogens with zero attached hydrogens (tertiary/aromatic N) is 4. The van der Waals surface area contributed by atoms with Crippen LogP contribution in [0.15, 0.2) is 36.7 Å². The lowest BCUT2D eigenvalue weighted by molar-refractivity contribution is -0.126. The van der Waals surface area contributed by atoms with E-state index in [0.717, 1.165) is 4.88 Å². The molecule has 1 unspecified atom stereocenters. The summed E-state index contributed by atoms with van der Waals surface area (Å²) in [4.78, 5) is 27.2. The number of benzene rings is 1. The molecule has 32 heavy (non-hydrogen) atoms. The van der Waals surface area contributed by atoms with E-state index in [0.29, 0.717) is 32.6 Å². The summed E-state index contributed by atoms with van der Waals surface area (Å²) in [6, 6.07) is 7.22. The van der Waals surface area contributed by atoms with Crippen molar-refractivity contribution in [3.05, 3.63) is 46.6 Å². The third kappa shape index (κ3) is 5.04. The highest BCUT2D eigenvalue weighted by molar-refractivity contribution is 7.15. The molecule has 3 heterocycles. The number of carbonyl (C=O) groups is 1. The fourth-order valence-corrected chi connectivity index (χ4v) is 3.73. The molecule has 0 aliphatic heterocycles. The molecule has 0 saturated heterocycles. The van der Waals surface area contributed by atoms with Gasteiger partial charge in [0.2, 0.25) is 12.0 Å². The predicted molar refractivity (Wildman–Crippen MR) is 123 cm³/mol. The van der Waals surface area contributed by atoms with Crippen LogP contribution in [-0.4, -0.2) is 49.9 Å². The van der Waals surface area contributed by atoms with E-state index >= 15 is 0 Å². The minimum Gasteiger partial charge on any atom is -0.461 e. The van der Waals surface area contributed by atoms with Gasteiger partial charge in [0.05, 0.1) is 23.9 Å². The Bertz CT molecular complexity index is 1240. The quantitative estimate of drug-likeness (QED) is 0.394. The number of hydrogen-bond donors (Lipinski definition) is 2. The van der Waals surface area contributed by atoms with Crippen LogP contribution in [0.2, 0.25) is 5.02 Å². The zero-order chi connectivity index (χ0) is 22.7. The Morgan fingerprint density at radius 1 is 1.25 bits per heavy atom. The number of aryl methyl sites for hydroxylation is 1. The van der Waals surface area contributed by atoms with Gasteiger partial charge in [-0.2, -0.15) is 10.1 Å². The Labute approximate surface area is 193 Å². The molecule has 9 nitrogen and oxygen atoms in total. The molecule has 0 bridgehead atoms. The van der Waals surface area contributed by atoms with Crippen LogP contribution in [0, 0.1) is 6.92 Å². The van der Waals surface area contributed by atoms with E-state index in [1.165, 1.54) is 11.3 Å². The molecule has 0 saturated carbocycles. The molecule has 0 fully saturated rings. The summed E-state index contributed by atoms with van der Waals surface area (Å²) in [6.45, 7) is 5.70. The first-order valence-corrected chi connectivity index (χ1v) is 11.1. The highest BCUT2D eigenvalue weighted by atomic mass is 35.5. The third-order valence-corrected chi connectivity index (χ3v) is 5.53. The van der Waals surface area contributed by atoms with Gasteiger partial charge in [-0.3, -0.25) is 15.2 Å². The molecular formula is C21H21ClN6O3S. The molecule has 166 valence electrons. The number of ether oxygens (including phenoxy) is 2. The zero-order valence-corrected chi connectivity index (χ0v) is 19.2. The Morgan fingerprint density at radius 3 is 2.78 bits per heavy atom. The Balaban J connectivity index is 1.67. The maximum absolute atomic E-state index is 13.0. The van der Waals surface area contributed by atoms with Crippen LogP contribution >= 0.6 is 22.9 Å². The predicted octanol–water partition coefficient (Wildman–Crippen LogP) is 4.25. The number of thiazole rings is 1. The normalized spacial score (nSPS) is 12.3. The van der Waals surface area contributed by atoms with Gasteiger partial charge >= 0.3 is 0 Å². The molecule has 11 heteroatoms. The van der Waals surface area contributed by atoms with Crippen molar-refractivity contribution in [1.29, 1.82) is 0 Å². The van der Waals surface area contributed by atoms with Gasteiger partial charge < -0.3 is 9.47 Å². The van der Waals surface area contributed by atoms with E-state index in [4.69, 9.17) is 21.1 Å². The van der Waals surface area contributed by atoms with Crippen molar-refractivity contribution in [2.24, 2.45) is 0 Å². The number of hydrogen-bond acceptors (Lipinski definition) is 8. The summed E-state index contributed by atoms with van der Waals surface area (Å²) < 4.78 is 11.7. The zero-order valence-electron chi connectivity index (χ0n) is 17.6. The fourth-order valence-electron chi connectivity index (χ4n) is 2.84. The first kappa shape index (κ1) is 22.1. The summed E-state index contributed by atoms with van der Waals surface area (Å²) in [6.07, 6.45) is 2.17. The van der Waals surface area contributed by atoms with E-state index in [2.05, 4.69) is 30.5 Å². The number of fused-ring (bicyclic) bond motifs is 1. The van der Waals surface area contributed by atoms with E-state index in [1.54, 1.807) is 24.5 Å². The monoisotopic (exact) mass is 472 g/mol. The number of nitrogens with one attached hydrogen (secondary N) is 2. The molecule has 1 amide bonds. The average Bonchev–Trinajstić information content (AvgIpc) is 3.39. The molecule has 4 aromatic rings. The van der Waals surface area contributed by atoms with Crippen molar-refractivity contribution < 1.29 is 14.3 Å². The van der Waals surface area contributed by atoms with Gasteiger partial charge in [0.15, 0.2) is 16.6 Å². The lowest BCUT2D eigenvalue weighted by Gasteiger charge is -2.19. The number of rotatable bonds is 8. The fraction of sp³-hybridized carbons (Fsp3) is 0.286. The van der Waals surface area contributed by atoms with Crippen molar-refractivity contribution in [1.82, 2.24) is 25.1 Å². The lowest BCUT2D eigenvalue weighted by Crippen LogP contribution is -2.38. The number of halogens is 1. The molecule has 0 radical (unpaired) electrons. The van der Waals surface area contributed by atoms with Crippen molar-refractivity contribution in [3.63, 3.8) is 0 Å². The summed E-state index contributed by atoms with van der Waals surface area (Å²) in [5.74, 6) is 0.151. The first-order chi connectivity index (χ1) is 15.4. The lowest BCUT2D eigenvalue weighted by atomic mass is 10.2. The van der Waals surface area contributed by atoms with E-state index in [9.17, 15) is 4.79 Å². The van der Waals surface area contributed by atoms with Gasteiger partial charge in [-0.15, -0.1) is 11.3 Å². The van der Waals surface area contributed by atoms with Gasteiger partial charge in [-0.25, -0.2) is 9.97 Å². The van der Waals surface area contributed by atoms with Crippen LogP contribution in [0.3, 0.4) is 0 Å². The SMILES string of the molecule is Cc1cnc(NC(=O)C(COC(C)C)Oc2nc(-c3ccccc3Cl)nc3[nH]ncc23)s1. The number of amides is 1. The van der Waals surface area contributed by atoms with E-state index < -0.39 is 12.0 Å². The highest BCUT2D eigenvalue weighted by Crippen LogP contribution is 2.30. The van der Waals surface area contributed by atoms with Crippen LogP contribution in [-0.2, 0) is 9.53 Å². The standard InChI is InChI=1S/C21H21ClN6O3S/c1-11(2)30-10-16(19(29)27-21-23-8-12(3)32-21)31-20-14-9-24-28-18(14)25-17(26-20)13-6-4-5-7-15(13)22/h4-9,11,16H,10H2,1-3H3,(H,23,27,29)(H,24,25,26,28). The van der Waals surface area contributed by atoms with Gasteiger partial charge in [-0.05, 0) is 32.9 Å². The van der Waals surface area contributed by atoms with Crippen LogP contribution in [0.4, 0.5) is 5.13 Å². The number of H-pyrrole nitrogens is 1. The van der Waals surface area contributed by atoms with Gasteiger partial charge in [-0.1, -0.05) is 23.7 Å². The average molecular weight is 473 g/mol. The second-order valence-electron chi connectivity index (χ2n) is 7.22. The van der Waals surface area contributed by atoms with Gasteiger partial charge in [0, 0.05) is 16.6 Å². The Morgan fingerprint density at radius 2 is 2.06 bits per heavy atom. The van der Waals surface area contributed by atoms with Crippen LogP contribution in [0.1, 0.15) is 18.7 Å². The molecule has 3 aromatic heterocycles. The number of aromatic amines is 1. The Kier molecular flexibility index (Phi) is 6.63. The number of aromatic nitrogens is 5. The molecule has 0 spiro atoms. The van der Waals surface area contributed by atoms with Crippen molar-refractivity contribution in [3.8, 4) is 17.3 Å². The van der Waals surface area contributed by atoms with Crippen LogP contribution in [0.5, 0.6) is 5.88 Å².